The van der Waals surface area contributed by atoms with Crippen LogP contribution in [0.1, 0.15) is 18.1 Å². The minimum atomic E-state index is -3.99. The van der Waals surface area contributed by atoms with E-state index in [0.29, 0.717) is 11.3 Å². The molecule has 0 aromatic heterocycles. The first-order valence-corrected chi connectivity index (χ1v) is 8.86. The van der Waals surface area contributed by atoms with Gasteiger partial charge >= 0.3 is 16.1 Å². The maximum Gasteiger partial charge on any atom is 0.367 e. The molecule has 0 saturated carbocycles. The Labute approximate surface area is 145 Å². The number of rotatable bonds is 4. The summed E-state index contributed by atoms with van der Waals surface area (Å²) in [5, 5.41) is 3.59. The Morgan fingerprint density at radius 1 is 1.04 bits per heavy atom. The highest BCUT2D eigenvalue weighted by Gasteiger charge is 2.23. The van der Waals surface area contributed by atoms with Crippen LogP contribution < -0.4 is 4.18 Å². The lowest BCUT2D eigenvalue weighted by molar-refractivity contribution is -0.136. The Hall–Kier alpha value is -2.93. The van der Waals surface area contributed by atoms with Gasteiger partial charge in [0.1, 0.15) is 10.6 Å². The van der Waals surface area contributed by atoms with Gasteiger partial charge in [0.2, 0.25) is 0 Å². The molecular formula is C18H15NO5S. The summed E-state index contributed by atoms with van der Waals surface area (Å²) in [5.74, 6) is -0.475. The average Bonchev–Trinajstić information content (AvgIpc) is 2.89. The van der Waals surface area contributed by atoms with E-state index < -0.39 is 16.1 Å². The largest absolute Gasteiger partial charge is 0.378 e. The van der Waals surface area contributed by atoms with E-state index in [1.807, 2.05) is 6.92 Å². The van der Waals surface area contributed by atoms with Gasteiger partial charge in [-0.3, -0.25) is 0 Å². The maximum absolute atomic E-state index is 12.5. The summed E-state index contributed by atoms with van der Waals surface area (Å²) in [4.78, 5) is 16.3. The lowest BCUT2D eigenvalue weighted by atomic mass is 10.1. The Kier molecular flexibility index (Phi) is 4.41. The quantitative estimate of drug-likeness (QED) is 0.477. The highest BCUT2D eigenvalue weighted by Crippen LogP contribution is 2.26. The lowest BCUT2D eigenvalue weighted by Gasteiger charge is -2.10. The van der Waals surface area contributed by atoms with Crippen molar-refractivity contribution in [3.63, 3.8) is 0 Å². The summed E-state index contributed by atoms with van der Waals surface area (Å²) in [5.41, 5.74) is 2.05. The second-order valence-corrected chi connectivity index (χ2v) is 7.05. The zero-order chi connectivity index (χ0) is 18.0. The number of para-hydroxylation sites is 1. The molecule has 0 unspecified atom stereocenters. The minimum absolute atomic E-state index is 0.0542. The molecule has 7 heteroatoms. The van der Waals surface area contributed by atoms with Crippen molar-refractivity contribution in [2.75, 3.05) is 0 Å². The molecule has 2 aromatic carbocycles. The SMILES string of the molecule is CC1=NOC(=O)/C1=C\c1ccccc1OS(=O)(=O)c1ccc(C)cc1. The third-order valence-corrected chi connectivity index (χ3v) is 4.85. The number of aryl methyl sites for hydroxylation is 1. The maximum atomic E-state index is 12.5. The Bertz CT molecular complexity index is 988. The molecule has 0 saturated heterocycles. The van der Waals surface area contributed by atoms with E-state index in [1.165, 1.54) is 24.3 Å². The molecule has 0 fully saturated rings. The van der Waals surface area contributed by atoms with E-state index in [2.05, 4.69) is 9.99 Å². The van der Waals surface area contributed by atoms with Crippen LogP contribution in [0.4, 0.5) is 0 Å². The van der Waals surface area contributed by atoms with Crippen molar-refractivity contribution in [2.45, 2.75) is 18.7 Å². The lowest BCUT2D eigenvalue weighted by Crippen LogP contribution is -2.10. The molecule has 0 N–H and O–H groups in total. The fraction of sp³-hybridized carbons (Fsp3) is 0.111. The zero-order valence-corrected chi connectivity index (χ0v) is 14.4. The van der Waals surface area contributed by atoms with E-state index in [9.17, 15) is 13.2 Å². The molecule has 2 aromatic rings. The number of nitrogens with zero attached hydrogens (tertiary/aromatic N) is 1. The number of oxime groups is 1. The summed E-state index contributed by atoms with van der Waals surface area (Å²) in [7, 11) is -3.99. The van der Waals surface area contributed by atoms with Crippen LogP contribution in [0, 0.1) is 6.92 Å². The summed E-state index contributed by atoms with van der Waals surface area (Å²) in [6.07, 6.45) is 1.49. The molecule has 3 rings (SSSR count). The highest BCUT2D eigenvalue weighted by atomic mass is 32.2. The number of benzene rings is 2. The van der Waals surface area contributed by atoms with E-state index in [0.717, 1.165) is 5.56 Å². The van der Waals surface area contributed by atoms with Crippen LogP contribution in [0.5, 0.6) is 5.75 Å². The van der Waals surface area contributed by atoms with Crippen LogP contribution in [0.25, 0.3) is 6.08 Å². The van der Waals surface area contributed by atoms with Gasteiger partial charge in [0.15, 0.2) is 0 Å². The molecule has 0 bridgehead atoms. The van der Waals surface area contributed by atoms with Gasteiger partial charge < -0.3 is 9.02 Å². The van der Waals surface area contributed by atoms with Crippen molar-refractivity contribution in [2.24, 2.45) is 5.16 Å². The van der Waals surface area contributed by atoms with Crippen molar-refractivity contribution >= 4 is 27.9 Å². The summed E-state index contributed by atoms with van der Waals surface area (Å²) < 4.78 is 30.2. The highest BCUT2D eigenvalue weighted by molar-refractivity contribution is 7.87. The van der Waals surface area contributed by atoms with Gasteiger partial charge in [0.05, 0.1) is 11.3 Å². The van der Waals surface area contributed by atoms with Gasteiger partial charge in [-0.1, -0.05) is 41.1 Å². The number of carbonyl (C=O) groups is 1. The standard InChI is InChI=1S/C18H15NO5S/c1-12-7-9-15(10-8-12)25(21,22)24-17-6-4-3-5-14(17)11-16-13(2)19-23-18(16)20/h3-11H,1-2H3/b16-11-. The molecule has 1 aliphatic heterocycles. The summed E-state index contributed by atoms with van der Waals surface area (Å²) in [6.45, 7) is 3.49. The first-order valence-electron chi connectivity index (χ1n) is 7.45. The van der Waals surface area contributed by atoms with Crippen LogP contribution in [-0.4, -0.2) is 20.1 Å². The third kappa shape index (κ3) is 3.61. The Morgan fingerprint density at radius 2 is 1.72 bits per heavy atom. The third-order valence-electron chi connectivity index (χ3n) is 3.60. The molecule has 0 atom stereocenters. The average molecular weight is 357 g/mol. The first-order chi connectivity index (χ1) is 11.9. The molecule has 0 amide bonds. The van der Waals surface area contributed by atoms with Crippen molar-refractivity contribution in [3.8, 4) is 5.75 Å². The van der Waals surface area contributed by atoms with Gasteiger partial charge in [-0.25, -0.2) is 4.79 Å². The number of carbonyl (C=O) groups excluding carboxylic acids is 1. The number of hydrogen-bond donors (Lipinski definition) is 0. The molecule has 6 nitrogen and oxygen atoms in total. The minimum Gasteiger partial charge on any atom is -0.378 e. The fourth-order valence-electron chi connectivity index (χ4n) is 2.22. The monoisotopic (exact) mass is 357 g/mol. The molecule has 0 aliphatic carbocycles. The summed E-state index contributed by atoms with van der Waals surface area (Å²) >= 11 is 0. The first kappa shape index (κ1) is 16.9. The van der Waals surface area contributed by atoms with E-state index in [1.54, 1.807) is 37.3 Å². The second-order valence-electron chi connectivity index (χ2n) is 5.50. The topological polar surface area (TPSA) is 82.0 Å². The van der Waals surface area contributed by atoms with Gasteiger partial charge in [-0.05, 0) is 38.1 Å². The number of hydrogen-bond acceptors (Lipinski definition) is 6. The fourth-order valence-corrected chi connectivity index (χ4v) is 3.18. The van der Waals surface area contributed by atoms with E-state index >= 15 is 0 Å². The second kappa shape index (κ2) is 6.52. The van der Waals surface area contributed by atoms with Gasteiger partial charge in [0.25, 0.3) is 0 Å². The predicted octanol–water partition coefficient (Wildman–Crippen LogP) is 3.08. The van der Waals surface area contributed by atoms with Crippen LogP contribution >= 0.6 is 0 Å². The Balaban J connectivity index is 1.97. The Morgan fingerprint density at radius 3 is 2.36 bits per heavy atom. The van der Waals surface area contributed by atoms with Gasteiger partial charge in [-0.2, -0.15) is 8.42 Å². The van der Waals surface area contributed by atoms with Gasteiger partial charge in [-0.15, -0.1) is 0 Å². The molecule has 25 heavy (non-hydrogen) atoms. The molecule has 1 aliphatic rings. The molecule has 1 heterocycles. The van der Waals surface area contributed by atoms with Crippen molar-refractivity contribution < 1.29 is 22.2 Å². The van der Waals surface area contributed by atoms with Crippen LogP contribution in [0.3, 0.4) is 0 Å². The predicted molar refractivity (Wildman–Crippen MR) is 92.6 cm³/mol. The zero-order valence-electron chi connectivity index (χ0n) is 13.6. The molecular weight excluding hydrogens is 342 g/mol. The van der Waals surface area contributed by atoms with Crippen molar-refractivity contribution in [1.29, 1.82) is 0 Å². The normalized spacial score (nSPS) is 15.8. The smallest absolute Gasteiger partial charge is 0.367 e. The molecule has 0 spiro atoms. The van der Waals surface area contributed by atoms with E-state index in [4.69, 9.17) is 4.18 Å². The van der Waals surface area contributed by atoms with Crippen molar-refractivity contribution in [3.05, 3.63) is 65.2 Å². The van der Waals surface area contributed by atoms with Gasteiger partial charge in [0, 0.05) is 5.56 Å². The van der Waals surface area contributed by atoms with Crippen molar-refractivity contribution in [1.82, 2.24) is 0 Å². The molecule has 0 radical (unpaired) electrons. The van der Waals surface area contributed by atoms with Crippen LogP contribution in [0.15, 0.2) is 64.2 Å². The summed E-state index contributed by atoms with van der Waals surface area (Å²) in [6, 6.07) is 12.9. The van der Waals surface area contributed by atoms with Crippen LogP contribution in [0.2, 0.25) is 0 Å². The molecule has 128 valence electrons. The van der Waals surface area contributed by atoms with E-state index in [-0.39, 0.29) is 16.2 Å². The van der Waals surface area contributed by atoms with Crippen LogP contribution in [-0.2, 0) is 19.8 Å².